The van der Waals surface area contributed by atoms with Crippen LogP contribution in [0.15, 0.2) is 48.5 Å². The Morgan fingerprint density at radius 2 is 1.52 bits per heavy atom. The highest BCUT2D eigenvalue weighted by Crippen LogP contribution is 2.33. The van der Waals surface area contributed by atoms with Gasteiger partial charge in [-0.15, -0.1) is 0 Å². The molecule has 4 rings (SSSR count). The summed E-state index contributed by atoms with van der Waals surface area (Å²) in [7, 11) is 0. The van der Waals surface area contributed by atoms with Crippen LogP contribution in [0.25, 0.3) is 0 Å². The minimum absolute atomic E-state index is 0.0252. The number of aryl methyl sites for hydroxylation is 2. The van der Waals surface area contributed by atoms with Crippen molar-refractivity contribution in [2.45, 2.75) is 40.2 Å². The number of benzene rings is 2. The van der Waals surface area contributed by atoms with Gasteiger partial charge in [0.1, 0.15) is 0 Å². The van der Waals surface area contributed by atoms with Gasteiger partial charge in [-0.1, -0.05) is 62.4 Å². The van der Waals surface area contributed by atoms with Gasteiger partial charge < -0.3 is 15.1 Å². The lowest BCUT2D eigenvalue weighted by molar-refractivity contribution is -0.124. The number of amides is 2. The first-order valence-electron chi connectivity index (χ1n) is 12.3. The molecule has 2 amide bonds. The molecular formula is C28H37N3O2. The molecule has 5 nitrogen and oxygen atoms in total. The summed E-state index contributed by atoms with van der Waals surface area (Å²) in [5.74, 6) is 1.34. The fourth-order valence-electron chi connectivity index (χ4n) is 5.41. The highest BCUT2D eigenvalue weighted by Gasteiger charge is 2.42. The summed E-state index contributed by atoms with van der Waals surface area (Å²) in [6.07, 6.45) is 0.896. The lowest BCUT2D eigenvalue weighted by Crippen LogP contribution is -2.36. The Morgan fingerprint density at radius 3 is 2.09 bits per heavy atom. The molecule has 2 saturated heterocycles. The number of nitrogens with zero attached hydrogens (tertiary/aromatic N) is 2. The summed E-state index contributed by atoms with van der Waals surface area (Å²) in [6, 6.07) is 16.4. The first-order valence-corrected chi connectivity index (χ1v) is 12.3. The topological polar surface area (TPSA) is 52.7 Å². The molecule has 2 aromatic carbocycles. The Balaban J connectivity index is 1.34. The maximum atomic E-state index is 13.2. The zero-order chi connectivity index (χ0) is 23.5. The minimum atomic E-state index is -0.0252. The van der Waals surface area contributed by atoms with Crippen LogP contribution in [0.3, 0.4) is 0 Å². The number of carbonyl (C=O) groups is 2. The van der Waals surface area contributed by atoms with E-state index in [-0.39, 0.29) is 23.8 Å². The van der Waals surface area contributed by atoms with Crippen molar-refractivity contribution in [1.29, 1.82) is 0 Å². The quantitative estimate of drug-likeness (QED) is 0.692. The van der Waals surface area contributed by atoms with Crippen LogP contribution in [0.1, 0.15) is 53.4 Å². The number of rotatable bonds is 7. The van der Waals surface area contributed by atoms with Crippen LogP contribution in [-0.2, 0) is 4.79 Å². The molecule has 2 aromatic rings. The number of hydrogen-bond acceptors (Lipinski definition) is 3. The Bertz CT molecular complexity index is 954. The second-order valence-electron chi connectivity index (χ2n) is 10.2. The molecule has 0 aromatic heterocycles. The second-order valence-corrected chi connectivity index (χ2v) is 10.2. The lowest BCUT2D eigenvalue weighted by atomic mass is 10.0. The highest BCUT2D eigenvalue weighted by molar-refractivity contribution is 5.97. The van der Waals surface area contributed by atoms with Gasteiger partial charge in [-0.05, 0) is 48.8 Å². The largest absolute Gasteiger partial charge is 0.349 e. The van der Waals surface area contributed by atoms with E-state index in [1.807, 2.05) is 64.1 Å². The van der Waals surface area contributed by atoms with Crippen LogP contribution < -0.4 is 5.32 Å². The fourth-order valence-corrected chi connectivity index (χ4v) is 5.41. The lowest BCUT2D eigenvalue weighted by Gasteiger charge is -2.25. The Kier molecular flexibility index (Phi) is 7.18. The first-order chi connectivity index (χ1) is 15.8. The third-order valence-corrected chi connectivity index (χ3v) is 7.32. The molecule has 2 fully saturated rings. The number of nitrogens with one attached hydrogen (secondary N) is 1. The fraction of sp³-hybridized carbons (Fsp3) is 0.500. The van der Waals surface area contributed by atoms with Gasteiger partial charge in [-0.2, -0.15) is 0 Å². The molecule has 1 N–H and O–H groups in total. The van der Waals surface area contributed by atoms with Gasteiger partial charge in [-0.3, -0.25) is 9.59 Å². The first kappa shape index (κ1) is 23.5. The molecule has 0 saturated carbocycles. The van der Waals surface area contributed by atoms with Gasteiger partial charge in [-0.25, -0.2) is 0 Å². The molecule has 2 aliphatic rings. The molecule has 33 heavy (non-hydrogen) atoms. The minimum Gasteiger partial charge on any atom is -0.349 e. The van der Waals surface area contributed by atoms with Gasteiger partial charge >= 0.3 is 0 Å². The standard InChI is InChI=1S/C28H37N3O2/c1-19(2)27(32)29-25(22-11-6-5-7-12-22)13-14-30-15-23-17-31(18-24(23)16-30)28(33)26-20(3)9-8-10-21(26)4/h5-12,19,23-25H,13-18H2,1-4H3,(H,29,32)/t23?,24?,25-/m0/s1. The Morgan fingerprint density at radius 1 is 0.909 bits per heavy atom. The molecule has 2 aliphatic heterocycles. The van der Waals surface area contributed by atoms with E-state index in [0.717, 1.165) is 61.4 Å². The Labute approximate surface area is 198 Å². The zero-order valence-electron chi connectivity index (χ0n) is 20.4. The van der Waals surface area contributed by atoms with Crippen LogP contribution in [0.2, 0.25) is 0 Å². The third-order valence-electron chi connectivity index (χ3n) is 7.32. The summed E-state index contributed by atoms with van der Waals surface area (Å²) in [5.41, 5.74) is 4.17. The van der Waals surface area contributed by atoms with Gasteiger partial charge in [0.15, 0.2) is 0 Å². The van der Waals surface area contributed by atoms with Crippen LogP contribution in [0.4, 0.5) is 0 Å². The average molecular weight is 448 g/mol. The monoisotopic (exact) mass is 447 g/mol. The van der Waals surface area contributed by atoms with Crippen molar-refractivity contribution in [3.63, 3.8) is 0 Å². The molecule has 3 atom stereocenters. The van der Waals surface area contributed by atoms with Crippen molar-refractivity contribution in [3.05, 3.63) is 70.8 Å². The van der Waals surface area contributed by atoms with Gasteiger partial charge in [0, 0.05) is 44.2 Å². The molecule has 0 radical (unpaired) electrons. The van der Waals surface area contributed by atoms with E-state index < -0.39 is 0 Å². The van der Waals surface area contributed by atoms with Crippen LogP contribution in [0, 0.1) is 31.6 Å². The second kappa shape index (κ2) is 10.1. The molecule has 0 bridgehead atoms. The van der Waals surface area contributed by atoms with E-state index in [4.69, 9.17) is 0 Å². The normalized spacial score (nSPS) is 21.3. The summed E-state index contributed by atoms with van der Waals surface area (Å²) in [6.45, 7) is 12.6. The number of carbonyl (C=O) groups excluding carboxylic acids is 2. The van der Waals surface area contributed by atoms with E-state index in [2.05, 4.69) is 27.2 Å². The molecule has 0 aliphatic carbocycles. The van der Waals surface area contributed by atoms with Crippen molar-refractivity contribution in [1.82, 2.24) is 15.1 Å². The number of likely N-dealkylation sites (tertiary alicyclic amines) is 2. The highest BCUT2D eigenvalue weighted by atomic mass is 16.2. The SMILES string of the molecule is Cc1cccc(C)c1C(=O)N1CC2CN(CC[C@H](NC(=O)C(C)C)c3ccccc3)CC2C1. The van der Waals surface area contributed by atoms with Crippen molar-refractivity contribution in [2.75, 3.05) is 32.7 Å². The maximum Gasteiger partial charge on any atom is 0.254 e. The third kappa shape index (κ3) is 5.30. The smallest absolute Gasteiger partial charge is 0.254 e. The molecule has 0 spiro atoms. The predicted molar refractivity (Wildman–Crippen MR) is 132 cm³/mol. The summed E-state index contributed by atoms with van der Waals surface area (Å²) in [5, 5.41) is 3.24. The Hall–Kier alpha value is -2.66. The zero-order valence-corrected chi connectivity index (χ0v) is 20.4. The van der Waals surface area contributed by atoms with Crippen LogP contribution >= 0.6 is 0 Å². The van der Waals surface area contributed by atoms with E-state index in [0.29, 0.717) is 11.8 Å². The number of fused-ring (bicyclic) bond motifs is 1. The van der Waals surface area contributed by atoms with Gasteiger partial charge in [0.25, 0.3) is 5.91 Å². The van der Waals surface area contributed by atoms with Crippen molar-refractivity contribution >= 4 is 11.8 Å². The van der Waals surface area contributed by atoms with E-state index >= 15 is 0 Å². The van der Waals surface area contributed by atoms with Gasteiger partial charge in [0.2, 0.25) is 5.91 Å². The van der Waals surface area contributed by atoms with Crippen LogP contribution in [-0.4, -0.2) is 54.3 Å². The molecule has 2 unspecified atom stereocenters. The van der Waals surface area contributed by atoms with E-state index in [1.165, 1.54) is 0 Å². The molecule has 5 heteroatoms. The van der Waals surface area contributed by atoms with Gasteiger partial charge in [0.05, 0.1) is 6.04 Å². The molecule has 176 valence electrons. The molecular weight excluding hydrogens is 410 g/mol. The predicted octanol–water partition coefficient (Wildman–Crippen LogP) is 4.21. The van der Waals surface area contributed by atoms with Crippen molar-refractivity contribution in [3.8, 4) is 0 Å². The van der Waals surface area contributed by atoms with Crippen molar-refractivity contribution < 1.29 is 9.59 Å². The maximum absolute atomic E-state index is 13.2. The molecule has 2 heterocycles. The van der Waals surface area contributed by atoms with E-state index in [1.54, 1.807) is 0 Å². The van der Waals surface area contributed by atoms with Crippen LogP contribution in [0.5, 0.6) is 0 Å². The number of hydrogen-bond donors (Lipinski definition) is 1. The average Bonchev–Trinajstić information content (AvgIpc) is 3.35. The summed E-state index contributed by atoms with van der Waals surface area (Å²) < 4.78 is 0. The summed E-state index contributed by atoms with van der Waals surface area (Å²) >= 11 is 0. The summed E-state index contributed by atoms with van der Waals surface area (Å²) in [4.78, 5) is 30.2. The van der Waals surface area contributed by atoms with Crippen molar-refractivity contribution in [2.24, 2.45) is 17.8 Å². The van der Waals surface area contributed by atoms with E-state index in [9.17, 15) is 9.59 Å².